The lowest BCUT2D eigenvalue weighted by atomic mass is 10.1. The lowest BCUT2D eigenvalue weighted by Gasteiger charge is -2.25. The summed E-state index contributed by atoms with van der Waals surface area (Å²) < 4.78 is 10.6. The van der Waals surface area contributed by atoms with Gasteiger partial charge in [0, 0.05) is 23.7 Å². The zero-order valence-electron chi connectivity index (χ0n) is 17.1. The van der Waals surface area contributed by atoms with Gasteiger partial charge in [-0.1, -0.05) is 48.0 Å². The van der Waals surface area contributed by atoms with Crippen molar-refractivity contribution in [2.24, 2.45) is 0 Å². The maximum Gasteiger partial charge on any atom is 0.259 e. The zero-order chi connectivity index (χ0) is 22.0. The molecule has 0 saturated heterocycles. The van der Waals surface area contributed by atoms with Crippen LogP contribution < -0.4 is 19.7 Å². The Hall–Kier alpha value is -3.51. The van der Waals surface area contributed by atoms with Gasteiger partial charge in [0.15, 0.2) is 0 Å². The fourth-order valence-corrected chi connectivity index (χ4v) is 3.98. The Morgan fingerprint density at radius 3 is 2.35 bits per heavy atom. The molecule has 31 heavy (non-hydrogen) atoms. The summed E-state index contributed by atoms with van der Waals surface area (Å²) in [7, 11) is 3.00. The first-order valence-electron chi connectivity index (χ1n) is 9.72. The molecule has 1 atom stereocenters. The number of hydrogen-bond donors (Lipinski definition) is 1. The summed E-state index contributed by atoms with van der Waals surface area (Å²) in [6.45, 7) is 0. The van der Waals surface area contributed by atoms with E-state index >= 15 is 0 Å². The number of rotatable bonds is 5. The molecule has 0 saturated carbocycles. The number of halogens is 1. The van der Waals surface area contributed by atoms with Gasteiger partial charge < -0.3 is 14.8 Å². The molecule has 3 aromatic carbocycles. The van der Waals surface area contributed by atoms with Crippen LogP contribution in [0.25, 0.3) is 0 Å². The highest BCUT2D eigenvalue weighted by atomic mass is 35.5. The van der Waals surface area contributed by atoms with E-state index in [4.69, 9.17) is 21.1 Å². The Morgan fingerprint density at radius 2 is 1.65 bits per heavy atom. The number of methoxy groups -OCH3 is 2. The highest BCUT2D eigenvalue weighted by Crippen LogP contribution is 2.38. The molecule has 0 radical (unpaired) electrons. The van der Waals surface area contributed by atoms with Gasteiger partial charge >= 0.3 is 0 Å². The highest BCUT2D eigenvalue weighted by Gasteiger charge is 2.38. The molecule has 2 amide bonds. The quantitative estimate of drug-likeness (QED) is 0.636. The second-order valence-corrected chi connectivity index (χ2v) is 7.47. The average Bonchev–Trinajstić information content (AvgIpc) is 3.19. The smallest absolute Gasteiger partial charge is 0.259 e. The van der Waals surface area contributed by atoms with Crippen LogP contribution in [0.1, 0.15) is 15.9 Å². The third-order valence-electron chi connectivity index (χ3n) is 5.25. The zero-order valence-corrected chi connectivity index (χ0v) is 17.8. The number of hydrogen-bond acceptors (Lipinski definition) is 4. The summed E-state index contributed by atoms with van der Waals surface area (Å²) in [4.78, 5) is 28.2. The van der Waals surface area contributed by atoms with E-state index in [1.165, 1.54) is 14.2 Å². The predicted molar refractivity (Wildman–Crippen MR) is 120 cm³/mol. The topological polar surface area (TPSA) is 67.9 Å². The van der Waals surface area contributed by atoms with E-state index in [1.807, 2.05) is 30.3 Å². The van der Waals surface area contributed by atoms with Crippen molar-refractivity contribution in [3.8, 4) is 11.5 Å². The predicted octanol–water partition coefficient (Wildman–Crippen LogP) is 4.57. The van der Waals surface area contributed by atoms with Gasteiger partial charge in [-0.05, 0) is 29.8 Å². The molecule has 1 N–H and O–H groups in total. The van der Waals surface area contributed by atoms with Crippen molar-refractivity contribution in [3.05, 3.63) is 82.9 Å². The number of ether oxygens (including phenoxy) is 2. The largest absolute Gasteiger partial charge is 0.495 e. The summed E-state index contributed by atoms with van der Waals surface area (Å²) in [5.41, 5.74) is 2.59. The molecule has 1 heterocycles. The van der Waals surface area contributed by atoms with E-state index < -0.39 is 6.04 Å². The number of fused-ring (bicyclic) bond motifs is 1. The monoisotopic (exact) mass is 436 g/mol. The van der Waals surface area contributed by atoms with Crippen molar-refractivity contribution in [3.63, 3.8) is 0 Å². The summed E-state index contributed by atoms with van der Waals surface area (Å²) in [6.07, 6.45) is 0.410. The molecule has 4 rings (SSSR count). The normalized spacial score (nSPS) is 14.7. The van der Waals surface area contributed by atoms with Crippen molar-refractivity contribution >= 4 is 34.8 Å². The Morgan fingerprint density at radius 1 is 0.968 bits per heavy atom. The molecule has 0 aliphatic carbocycles. The van der Waals surface area contributed by atoms with E-state index in [1.54, 1.807) is 41.3 Å². The number of para-hydroxylation sites is 1. The minimum absolute atomic E-state index is 0.231. The lowest BCUT2D eigenvalue weighted by molar-refractivity contribution is -0.117. The summed E-state index contributed by atoms with van der Waals surface area (Å²) in [6, 6.07) is 18.9. The van der Waals surface area contributed by atoms with Gasteiger partial charge in [-0.15, -0.1) is 0 Å². The van der Waals surface area contributed by atoms with Crippen molar-refractivity contribution in [2.45, 2.75) is 12.5 Å². The third kappa shape index (κ3) is 3.94. The molecule has 0 bridgehead atoms. The first kappa shape index (κ1) is 20.8. The molecule has 0 fully saturated rings. The third-order valence-corrected chi connectivity index (χ3v) is 5.55. The second-order valence-electron chi connectivity index (χ2n) is 7.07. The van der Waals surface area contributed by atoms with Crippen molar-refractivity contribution < 1.29 is 19.1 Å². The fraction of sp³-hybridized carbons (Fsp3) is 0.167. The molecule has 7 heteroatoms. The number of anilines is 2. The molecule has 1 aliphatic rings. The highest BCUT2D eigenvalue weighted by molar-refractivity contribution is 6.32. The number of benzene rings is 3. The maximum absolute atomic E-state index is 13.3. The molecular weight excluding hydrogens is 416 g/mol. The number of carbonyl (C=O) groups is 2. The molecule has 1 aliphatic heterocycles. The number of nitrogens with zero attached hydrogens (tertiary/aromatic N) is 1. The molecule has 3 aromatic rings. The molecule has 6 nitrogen and oxygen atoms in total. The summed E-state index contributed by atoms with van der Waals surface area (Å²) in [5.74, 6) is 0.280. The molecule has 0 spiro atoms. The van der Waals surface area contributed by atoms with Gasteiger partial charge in [0.2, 0.25) is 5.91 Å². The van der Waals surface area contributed by atoms with E-state index in [-0.39, 0.29) is 11.8 Å². The molecule has 158 valence electrons. The Labute approximate surface area is 185 Å². The van der Waals surface area contributed by atoms with Crippen LogP contribution in [0.15, 0.2) is 66.7 Å². The maximum atomic E-state index is 13.3. The minimum atomic E-state index is -0.712. The van der Waals surface area contributed by atoms with Gasteiger partial charge in [0.1, 0.15) is 17.5 Å². The van der Waals surface area contributed by atoms with Crippen LogP contribution in [-0.4, -0.2) is 32.1 Å². The number of carbonyl (C=O) groups excluding carboxylic acids is 2. The van der Waals surface area contributed by atoms with Gasteiger partial charge in [-0.3, -0.25) is 14.5 Å². The van der Waals surface area contributed by atoms with Crippen LogP contribution in [0.4, 0.5) is 11.4 Å². The Balaban J connectivity index is 1.67. The SMILES string of the molecule is COc1cc(OC)c(NC(=O)[C@@H]2Cc3ccccc3N2C(=O)c2ccccc2)cc1Cl. The molecular formula is C24H21ClN2O4. The van der Waals surface area contributed by atoms with Gasteiger partial charge in [0.05, 0.1) is 24.9 Å². The lowest BCUT2D eigenvalue weighted by Crippen LogP contribution is -2.45. The van der Waals surface area contributed by atoms with Crippen LogP contribution in [-0.2, 0) is 11.2 Å². The van der Waals surface area contributed by atoms with Crippen LogP contribution in [0.3, 0.4) is 0 Å². The van der Waals surface area contributed by atoms with E-state index in [2.05, 4.69) is 5.32 Å². The van der Waals surface area contributed by atoms with E-state index in [0.717, 1.165) is 11.3 Å². The van der Waals surface area contributed by atoms with E-state index in [0.29, 0.717) is 34.2 Å². The van der Waals surface area contributed by atoms with E-state index in [9.17, 15) is 9.59 Å². The van der Waals surface area contributed by atoms with Crippen molar-refractivity contribution in [2.75, 3.05) is 24.4 Å². The molecule has 0 unspecified atom stereocenters. The Bertz CT molecular complexity index is 1130. The standard InChI is InChI=1S/C24H21ClN2O4/c1-30-21-14-22(31-2)18(13-17(21)25)26-23(28)20-12-16-10-6-7-11-19(16)27(20)24(29)15-8-4-3-5-9-15/h3-11,13-14,20H,12H2,1-2H3,(H,26,28)/t20-/m0/s1. The molecule has 0 aromatic heterocycles. The van der Waals surface area contributed by atoms with Gasteiger partial charge in [0.25, 0.3) is 5.91 Å². The first-order chi connectivity index (χ1) is 15.0. The number of nitrogens with one attached hydrogen (secondary N) is 1. The fourth-order valence-electron chi connectivity index (χ4n) is 3.74. The summed E-state index contributed by atoms with van der Waals surface area (Å²) in [5, 5.41) is 3.21. The summed E-state index contributed by atoms with van der Waals surface area (Å²) >= 11 is 6.24. The Kier molecular flexibility index (Phi) is 5.82. The van der Waals surface area contributed by atoms with Crippen LogP contribution in [0, 0.1) is 0 Å². The first-order valence-corrected chi connectivity index (χ1v) is 10.1. The van der Waals surface area contributed by atoms with Crippen molar-refractivity contribution in [1.29, 1.82) is 0 Å². The van der Waals surface area contributed by atoms with Crippen LogP contribution in [0.5, 0.6) is 11.5 Å². The minimum Gasteiger partial charge on any atom is -0.495 e. The van der Waals surface area contributed by atoms with Crippen molar-refractivity contribution in [1.82, 2.24) is 0 Å². The van der Waals surface area contributed by atoms with Gasteiger partial charge in [-0.2, -0.15) is 0 Å². The van der Waals surface area contributed by atoms with Crippen LogP contribution >= 0.6 is 11.6 Å². The van der Waals surface area contributed by atoms with Crippen LogP contribution in [0.2, 0.25) is 5.02 Å². The second kappa shape index (κ2) is 8.70. The average molecular weight is 437 g/mol. The van der Waals surface area contributed by atoms with Gasteiger partial charge in [-0.25, -0.2) is 0 Å². The number of amides is 2.